The minimum atomic E-state index is -0.00487. The van der Waals surface area contributed by atoms with Crippen LogP contribution in [0, 0.1) is 11.7 Å². The van der Waals surface area contributed by atoms with Crippen LogP contribution in [0.5, 0.6) is 0 Å². The largest absolute Gasteiger partial charge is 0.312 e. The number of halogens is 1. The molecule has 3 atom stereocenters. The third-order valence-corrected chi connectivity index (χ3v) is 5.25. The van der Waals surface area contributed by atoms with Gasteiger partial charge < -0.3 is 5.32 Å². The maximum atomic E-state index is 13.8. The Balaban J connectivity index is 1.58. The smallest absolute Gasteiger partial charge is 0.126 e. The summed E-state index contributed by atoms with van der Waals surface area (Å²) >= 11 is 0. The van der Waals surface area contributed by atoms with Gasteiger partial charge in [-0.2, -0.15) is 0 Å². The molecule has 3 aliphatic rings. The van der Waals surface area contributed by atoms with E-state index < -0.39 is 0 Å². The molecule has 1 aromatic rings. The molecule has 3 unspecified atom stereocenters. The van der Waals surface area contributed by atoms with E-state index in [1.807, 2.05) is 6.07 Å². The molecule has 3 heteroatoms. The molecule has 19 heavy (non-hydrogen) atoms. The van der Waals surface area contributed by atoms with E-state index in [1.54, 1.807) is 6.07 Å². The molecule has 4 rings (SSSR count). The first kappa shape index (κ1) is 11.9. The number of piperidine rings is 1. The topological polar surface area (TPSA) is 15.3 Å². The number of fused-ring (bicyclic) bond motifs is 2. The van der Waals surface area contributed by atoms with Crippen molar-refractivity contribution in [2.75, 3.05) is 19.6 Å². The molecule has 1 aliphatic carbocycles. The molecule has 1 aromatic carbocycles. The Bertz CT molecular complexity index is 474. The van der Waals surface area contributed by atoms with Gasteiger partial charge in [-0.15, -0.1) is 0 Å². The average Bonchev–Trinajstić information content (AvgIpc) is 3.02. The Kier molecular flexibility index (Phi) is 2.85. The van der Waals surface area contributed by atoms with Crippen molar-refractivity contribution >= 4 is 0 Å². The molecule has 2 aliphatic heterocycles. The van der Waals surface area contributed by atoms with Crippen LogP contribution in [0.3, 0.4) is 0 Å². The van der Waals surface area contributed by atoms with Gasteiger partial charge in [0.15, 0.2) is 0 Å². The highest BCUT2D eigenvalue weighted by Crippen LogP contribution is 2.40. The Morgan fingerprint density at radius 2 is 2.16 bits per heavy atom. The van der Waals surface area contributed by atoms with E-state index in [2.05, 4.69) is 16.3 Å². The van der Waals surface area contributed by atoms with E-state index in [4.69, 9.17) is 0 Å². The van der Waals surface area contributed by atoms with Crippen molar-refractivity contribution in [3.05, 3.63) is 35.1 Å². The van der Waals surface area contributed by atoms with Crippen LogP contribution < -0.4 is 5.32 Å². The van der Waals surface area contributed by atoms with Gasteiger partial charge in [0, 0.05) is 25.2 Å². The highest BCUT2D eigenvalue weighted by atomic mass is 19.1. The van der Waals surface area contributed by atoms with Gasteiger partial charge in [-0.25, -0.2) is 4.39 Å². The molecule has 2 heterocycles. The maximum absolute atomic E-state index is 13.8. The molecule has 1 N–H and O–H groups in total. The summed E-state index contributed by atoms with van der Waals surface area (Å²) in [7, 11) is 0. The fourth-order valence-electron chi connectivity index (χ4n) is 4.30. The van der Waals surface area contributed by atoms with E-state index in [9.17, 15) is 4.39 Å². The molecule has 0 spiro atoms. The molecule has 0 amide bonds. The molecular formula is C16H21FN2. The second kappa shape index (κ2) is 4.57. The molecule has 102 valence electrons. The van der Waals surface area contributed by atoms with Crippen LogP contribution in [0.25, 0.3) is 0 Å². The predicted molar refractivity (Wildman–Crippen MR) is 73.5 cm³/mol. The quantitative estimate of drug-likeness (QED) is 0.834. The van der Waals surface area contributed by atoms with E-state index in [1.165, 1.54) is 31.5 Å². The average molecular weight is 260 g/mol. The summed E-state index contributed by atoms with van der Waals surface area (Å²) in [5.41, 5.74) is 2.22. The highest BCUT2D eigenvalue weighted by Gasteiger charge is 2.39. The molecular weight excluding hydrogens is 239 g/mol. The first-order chi connectivity index (χ1) is 9.33. The van der Waals surface area contributed by atoms with Crippen LogP contribution in [0.15, 0.2) is 18.2 Å². The molecule has 0 aromatic heterocycles. The van der Waals surface area contributed by atoms with Crippen molar-refractivity contribution in [2.45, 2.75) is 37.8 Å². The normalized spacial score (nSPS) is 34.3. The maximum Gasteiger partial charge on any atom is 0.126 e. The number of nitrogens with one attached hydrogen (secondary N) is 1. The third-order valence-electron chi connectivity index (χ3n) is 5.25. The summed E-state index contributed by atoms with van der Waals surface area (Å²) in [6.07, 6.45) is 4.67. The van der Waals surface area contributed by atoms with Gasteiger partial charge in [0.1, 0.15) is 5.82 Å². The van der Waals surface area contributed by atoms with Crippen LogP contribution in [0.1, 0.15) is 36.4 Å². The van der Waals surface area contributed by atoms with Crippen molar-refractivity contribution in [2.24, 2.45) is 5.92 Å². The second-order valence-corrected chi connectivity index (χ2v) is 6.28. The fourth-order valence-corrected chi connectivity index (χ4v) is 4.30. The summed E-state index contributed by atoms with van der Waals surface area (Å²) in [6.45, 7) is 3.51. The number of rotatable bonds is 1. The second-order valence-electron chi connectivity index (χ2n) is 6.28. The van der Waals surface area contributed by atoms with Crippen molar-refractivity contribution in [3.63, 3.8) is 0 Å². The summed E-state index contributed by atoms with van der Waals surface area (Å²) < 4.78 is 13.8. The molecule has 2 nitrogen and oxygen atoms in total. The van der Waals surface area contributed by atoms with E-state index in [-0.39, 0.29) is 5.82 Å². The summed E-state index contributed by atoms with van der Waals surface area (Å²) in [4.78, 5) is 2.60. The van der Waals surface area contributed by atoms with Crippen LogP contribution in [0.2, 0.25) is 0 Å². The summed E-state index contributed by atoms with van der Waals surface area (Å²) in [6, 6.07) is 6.73. The number of nitrogens with zero attached hydrogens (tertiary/aromatic N) is 1. The van der Waals surface area contributed by atoms with Crippen LogP contribution >= 0.6 is 0 Å². The molecule has 2 saturated heterocycles. The lowest BCUT2D eigenvalue weighted by molar-refractivity contribution is 0.234. The number of likely N-dealkylation sites (tertiary alicyclic amines) is 1. The fraction of sp³-hybridized carbons (Fsp3) is 0.625. The van der Waals surface area contributed by atoms with Gasteiger partial charge in [0.25, 0.3) is 0 Å². The zero-order chi connectivity index (χ0) is 12.8. The number of hydrogen-bond acceptors (Lipinski definition) is 2. The first-order valence-corrected chi connectivity index (χ1v) is 7.57. The third kappa shape index (κ3) is 1.91. The van der Waals surface area contributed by atoms with Gasteiger partial charge in [-0.1, -0.05) is 12.1 Å². The zero-order valence-corrected chi connectivity index (χ0v) is 11.2. The lowest BCUT2D eigenvalue weighted by atomic mass is 9.94. The van der Waals surface area contributed by atoms with Gasteiger partial charge in [-0.3, -0.25) is 4.90 Å². The van der Waals surface area contributed by atoms with Gasteiger partial charge in [0.05, 0.1) is 0 Å². The van der Waals surface area contributed by atoms with Crippen molar-refractivity contribution in [1.82, 2.24) is 10.2 Å². The van der Waals surface area contributed by atoms with Crippen molar-refractivity contribution in [1.29, 1.82) is 0 Å². The number of hydrogen-bond donors (Lipinski definition) is 1. The Morgan fingerprint density at radius 3 is 3.05 bits per heavy atom. The minimum Gasteiger partial charge on any atom is -0.312 e. The van der Waals surface area contributed by atoms with E-state index in [0.717, 1.165) is 30.9 Å². The Morgan fingerprint density at radius 1 is 1.21 bits per heavy atom. The standard InChI is InChI=1S/C16H21FN2/c17-14-5-1-4-13-12(14)6-7-16(13)19-9-11-3-2-8-18-15(11)10-19/h1,4-5,11,15-16,18H,2-3,6-10H2. The predicted octanol–water partition coefficient (Wildman–Crippen LogP) is 2.50. The van der Waals surface area contributed by atoms with Gasteiger partial charge >= 0.3 is 0 Å². The first-order valence-electron chi connectivity index (χ1n) is 7.57. The number of benzene rings is 1. The molecule has 0 saturated carbocycles. The minimum absolute atomic E-state index is 0.00487. The van der Waals surface area contributed by atoms with Crippen molar-refractivity contribution < 1.29 is 4.39 Å². The summed E-state index contributed by atoms with van der Waals surface area (Å²) in [5.74, 6) is 0.807. The van der Waals surface area contributed by atoms with E-state index >= 15 is 0 Å². The van der Waals surface area contributed by atoms with Crippen LogP contribution in [-0.4, -0.2) is 30.6 Å². The van der Waals surface area contributed by atoms with E-state index in [0.29, 0.717) is 12.1 Å². The van der Waals surface area contributed by atoms with Gasteiger partial charge in [-0.05, 0) is 55.3 Å². The molecule has 2 fully saturated rings. The highest BCUT2D eigenvalue weighted by molar-refractivity contribution is 5.36. The molecule has 0 radical (unpaired) electrons. The Hall–Kier alpha value is -0.930. The van der Waals surface area contributed by atoms with Crippen molar-refractivity contribution in [3.8, 4) is 0 Å². The van der Waals surface area contributed by atoms with Crippen LogP contribution in [-0.2, 0) is 6.42 Å². The molecule has 0 bridgehead atoms. The lowest BCUT2D eigenvalue weighted by Gasteiger charge is -2.25. The lowest BCUT2D eigenvalue weighted by Crippen LogP contribution is -2.40. The summed E-state index contributed by atoms with van der Waals surface area (Å²) in [5, 5.41) is 3.65. The monoisotopic (exact) mass is 260 g/mol. The zero-order valence-electron chi connectivity index (χ0n) is 11.2. The van der Waals surface area contributed by atoms with Crippen LogP contribution in [0.4, 0.5) is 4.39 Å². The Labute approximate surface area is 114 Å². The SMILES string of the molecule is Fc1cccc2c1CCC2N1CC2CCCNC2C1. The van der Waals surface area contributed by atoms with Gasteiger partial charge in [0.2, 0.25) is 0 Å².